The van der Waals surface area contributed by atoms with E-state index >= 15 is 0 Å². The van der Waals surface area contributed by atoms with Crippen LogP contribution in [0.25, 0.3) is 11.1 Å². The second-order valence-corrected chi connectivity index (χ2v) is 10.8. The number of amides is 2. The van der Waals surface area contributed by atoms with Crippen LogP contribution in [-0.4, -0.2) is 24.5 Å². The summed E-state index contributed by atoms with van der Waals surface area (Å²) in [5.41, 5.74) is 1.76. The van der Waals surface area contributed by atoms with E-state index in [0.717, 1.165) is 22.8 Å². The number of benzene rings is 3. The molecule has 2 heterocycles. The molecule has 6 nitrogen and oxygen atoms in total. The Morgan fingerprint density at radius 3 is 2.28 bits per heavy atom. The zero-order valence-electron chi connectivity index (χ0n) is 18.9. The average molecular weight is 515 g/mol. The number of carbonyl (C=O) groups is 2. The van der Waals surface area contributed by atoms with Gasteiger partial charge in [0.25, 0.3) is 0 Å². The lowest BCUT2D eigenvalue weighted by Crippen LogP contribution is -2.39. The molecule has 0 radical (unpaired) electrons. The third-order valence-electron chi connectivity index (χ3n) is 6.60. The summed E-state index contributed by atoms with van der Waals surface area (Å²) < 4.78 is 68.0. The lowest BCUT2D eigenvalue weighted by atomic mass is 9.89. The van der Waals surface area contributed by atoms with Crippen molar-refractivity contribution in [2.45, 2.75) is 42.9 Å². The number of halogens is 3. The fourth-order valence-electron chi connectivity index (χ4n) is 4.72. The minimum atomic E-state index is -4.53. The molecule has 0 aromatic heterocycles. The number of nitrogens with zero attached hydrogens (tertiary/aromatic N) is 1. The zero-order valence-corrected chi connectivity index (χ0v) is 19.7. The monoisotopic (exact) mass is 514 g/mol. The summed E-state index contributed by atoms with van der Waals surface area (Å²) in [7, 11) is -3.91. The number of fused-ring (bicyclic) bond motifs is 1. The van der Waals surface area contributed by atoms with E-state index in [0.29, 0.717) is 6.42 Å². The van der Waals surface area contributed by atoms with Gasteiger partial charge in [-0.05, 0) is 52.4 Å². The lowest BCUT2D eigenvalue weighted by Gasteiger charge is -2.21. The Labute approximate surface area is 205 Å². The summed E-state index contributed by atoms with van der Waals surface area (Å²) in [6.45, 7) is 0.253. The number of alkyl halides is 3. The van der Waals surface area contributed by atoms with Crippen LogP contribution in [0.15, 0.2) is 71.6 Å². The Morgan fingerprint density at radius 2 is 1.58 bits per heavy atom. The topological polar surface area (TPSA) is 83.6 Å². The van der Waals surface area contributed by atoms with E-state index in [-0.39, 0.29) is 47.3 Å². The van der Waals surface area contributed by atoms with Crippen molar-refractivity contribution in [3.63, 3.8) is 0 Å². The first-order valence-electron chi connectivity index (χ1n) is 11.3. The maximum Gasteiger partial charge on any atom is 0.417 e. The van der Waals surface area contributed by atoms with Crippen molar-refractivity contribution < 1.29 is 31.2 Å². The van der Waals surface area contributed by atoms with Crippen LogP contribution < -0.4 is 5.32 Å². The SMILES string of the molecule is O=C1CCC(c2ccc3c(c2)CN(S(=O)(=O)c2ccc(-c4ccccc4C(F)(F)F)cc2)C3)C(=O)N1. The van der Waals surface area contributed by atoms with E-state index < -0.39 is 27.7 Å². The quantitative estimate of drug-likeness (QED) is 0.516. The third kappa shape index (κ3) is 4.42. The van der Waals surface area contributed by atoms with Gasteiger partial charge in [-0.1, -0.05) is 48.5 Å². The smallest absolute Gasteiger partial charge is 0.296 e. The van der Waals surface area contributed by atoms with E-state index in [4.69, 9.17) is 0 Å². The number of nitrogens with one attached hydrogen (secondary N) is 1. The molecule has 1 fully saturated rings. The second kappa shape index (κ2) is 8.86. The molecular weight excluding hydrogens is 493 g/mol. The fraction of sp³-hybridized carbons (Fsp3) is 0.231. The highest BCUT2D eigenvalue weighted by Gasteiger charge is 2.35. The predicted molar refractivity (Wildman–Crippen MR) is 125 cm³/mol. The minimum absolute atomic E-state index is 0.0195. The van der Waals surface area contributed by atoms with Crippen LogP contribution in [0, 0.1) is 0 Å². The molecule has 3 aromatic carbocycles. The average Bonchev–Trinajstić information content (AvgIpc) is 3.28. The molecule has 2 aliphatic rings. The van der Waals surface area contributed by atoms with Gasteiger partial charge in [-0.3, -0.25) is 14.9 Å². The molecule has 2 amide bonds. The lowest BCUT2D eigenvalue weighted by molar-refractivity contribution is -0.137. The van der Waals surface area contributed by atoms with Crippen molar-refractivity contribution in [2.24, 2.45) is 0 Å². The van der Waals surface area contributed by atoms with Crippen molar-refractivity contribution >= 4 is 21.8 Å². The molecule has 2 aliphatic heterocycles. The van der Waals surface area contributed by atoms with Crippen molar-refractivity contribution in [3.05, 3.63) is 89.0 Å². The summed E-state index contributed by atoms with van der Waals surface area (Å²) in [4.78, 5) is 23.6. The number of rotatable bonds is 4. The predicted octanol–water partition coefficient (Wildman–Crippen LogP) is 4.60. The number of carbonyl (C=O) groups excluding carboxylic acids is 2. The molecule has 36 heavy (non-hydrogen) atoms. The molecule has 186 valence electrons. The van der Waals surface area contributed by atoms with Crippen LogP contribution in [0.5, 0.6) is 0 Å². The van der Waals surface area contributed by atoms with Crippen LogP contribution in [0.4, 0.5) is 13.2 Å². The van der Waals surface area contributed by atoms with Crippen LogP contribution >= 0.6 is 0 Å². The van der Waals surface area contributed by atoms with Crippen molar-refractivity contribution in [1.82, 2.24) is 9.62 Å². The maximum absolute atomic E-state index is 13.4. The van der Waals surface area contributed by atoms with Crippen molar-refractivity contribution in [1.29, 1.82) is 0 Å². The second-order valence-electron chi connectivity index (χ2n) is 8.87. The molecule has 1 atom stereocenters. The number of sulfonamides is 1. The van der Waals surface area contributed by atoms with E-state index in [9.17, 15) is 31.2 Å². The van der Waals surface area contributed by atoms with Gasteiger partial charge >= 0.3 is 6.18 Å². The first kappa shape index (κ1) is 24.2. The number of imide groups is 1. The molecule has 0 saturated carbocycles. The van der Waals surface area contributed by atoms with Gasteiger partial charge in [-0.15, -0.1) is 0 Å². The third-order valence-corrected chi connectivity index (χ3v) is 8.41. The van der Waals surface area contributed by atoms with Crippen LogP contribution in [0.1, 0.15) is 41.0 Å². The molecule has 5 rings (SSSR count). The minimum Gasteiger partial charge on any atom is -0.296 e. The Bertz CT molecular complexity index is 1470. The summed E-state index contributed by atoms with van der Waals surface area (Å²) in [5, 5.41) is 2.33. The van der Waals surface area contributed by atoms with Gasteiger partial charge in [0, 0.05) is 19.5 Å². The summed E-state index contributed by atoms with van der Waals surface area (Å²) in [6.07, 6.45) is -3.89. The van der Waals surface area contributed by atoms with Crippen LogP contribution in [0.2, 0.25) is 0 Å². The van der Waals surface area contributed by atoms with Gasteiger partial charge < -0.3 is 0 Å². The maximum atomic E-state index is 13.4. The van der Waals surface area contributed by atoms with Gasteiger partial charge in [-0.25, -0.2) is 8.42 Å². The standard InChI is InChI=1S/C26H21F3N2O4S/c27-26(28,29)23-4-2-1-3-21(23)16-7-9-20(10-8-16)36(34,35)31-14-18-6-5-17(13-19(18)15-31)22-11-12-24(32)30-25(22)33/h1-10,13,22H,11-12,14-15H2,(H,30,32,33). The van der Waals surface area contributed by atoms with Gasteiger partial charge in [0.2, 0.25) is 21.8 Å². The first-order chi connectivity index (χ1) is 17.0. The highest BCUT2D eigenvalue weighted by Crippen LogP contribution is 2.38. The van der Waals surface area contributed by atoms with E-state index in [2.05, 4.69) is 5.32 Å². The molecule has 0 bridgehead atoms. The molecule has 3 aromatic rings. The first-order valence-corrected chi connectivity index (χ1v) is 12.7. The Hall–Kier alpha value is -3.50. The summed E-state index contributed by atoms with van der Waals surface area (Å²) in [5.74, 6) is -1.13. The fourth-order valence-corrected chi connectivity index (χ4v) is 6.12. The van der Waals surface area contributed by atoms with Crippen molar-refractivity contribution in [3.8, 4) is 11.1 Å². The normalized spacial score (nSPS) is 18.7. The van der Waals surface area contributed by atoms with Crippen molar-refractivity contribution in [2.75, 3.05) is 0 Å². The van der Waals surface area contributed by atoms with E-state index in [1.807, 2.05) is 6.07 Å². The number of hydrogen-bond donors (Lipinski definition) is 1. The summed E-state index contributed by atoms with van der Waals surface area (Å²) >= 11 is 0. The molecule has 1 N–H and O–H groups in total. The van der Waals surface area contributed by atoms with Gasteiger partial charge in [0.15, 0.2) is 0 Å². The van der Waals surface area contributed by atoms with E-state index in [1.54, 1.807) is 12.1 Å². The molecule has 1 saturated heterocycles. The van der Waals surface area contributed by atoms with Crippen LogP contribution in [-0.2, 0) is 38.9 Å². The molecule has 1 unspecified atom stereocenters. The van der Waals surface area contributed by atoms with Crippen LogP contribution in [0.3, 0.4) is 0 Å². The van der Waals surface area contributed by atoms with Gasteiger partial charge in [0.1, 0.15) is 0 Å². The van der Waals surface area contributed by atoms with Gasteiger partial charge in [0.05, 0.1) is 16.4 Å². The molecule has 0 spiro atoms. The highest BCUT2D eigenvalue weighted by molar-refractivity contribution is 7.89. The molecule has 0 aliphatic carbocycles. The Morgan fingerprint density at radius 1 is 0.889 bits per heavy atom. The number of hydrogen-bond acceptors (Lipinski definition) is 4. The van der Waals surface area contributed by atoms with Gasteiger partial charge in [-0.2, -0.15) is 17.5 Å². The highest BCUT2D eigenvalue weighted by atomic mass is 32.2. The van der Waals surface area contributed by atoms with E-state index in [1.165, 1.54) is 46.8 Å². The molecular formula is C26H21F3N2O4S. The molecule has 10 heteroatoms. The Balaban J connectivity index is 1.37. The zero-order chi connectivity index (χ0) is 25.7. The largest absolute Gasteiger partial charge is 0.417 e. The number of piperidine rings is 1. The Kier molecular flexibility index (Phi) is 5.96. The summed E-state index contributed by atoms with van der Waals surface area (Å²) in [6, 6.07) is 15.9.